The predicted octanol–water partition coefficient (Wildman–Crippen LogP) is 4.46. The van der Waals surface area contributed by atoms with Gasteiger partial charge in [0, 0.05) is 5.56 Å². The molecule has 23 heavy (non-hydrogen) atoms. The van der Waals surface area contributed by atoms with Gasteiger partial charge in [-0.15, -0.1) is 0 Å². The molecule has 0 unspecified atom stereocenters. The first-order valence-electron chi connectivity index (χ1n) is 7.30. The monoisotopic (exact) mass is 323 g/mol. The van der Waals surface area contributed by atoms with Crippen molar-refractivity contribution in [2.45, 2.75) is 11.8 Å². The quantitative estimate of drug-likeness (QED) is 0.770. The molecule has 0 saturated carbocycles. The van der Waals surface area contributed by atoms with E-state index in [1.54, 1.807) is 36.4 Å². The van der Waals surface area contributed by atoms with E-state index in [0.29, 0.717) is 5.69 Å². The van der Waals surface area contributed by atoms with Crippen molar-refractivity contribution in [2.24, 2.45) is 0 Å². The molecule has 0 aliphatic carbocycles. The highest BCUT2D eigenvalue weighted by molar-refractivity contribution is 7.92. The van der Waals surface area contributed by atoms with E-state index in [4.69, 9.17) is 0 Å². The van der Waals surface area contributed by atoms with E-state index in [2.05, 4.69) is 4.72 Å². The Balaban J connectivity index is 2.00. The van der Waals surface area contributed by atoms with Crippen LogP contribution in [0.3, 0.4) is 0 Å². The maximum Gasteiger partial charge on any atom is 0.261 e. The highest BCUT2D eigenvalue weighted by atomic mass is 32.2. The summed E-state index contributed by atoms with van der Waals surface area (Å²) < 4.78 is 27.7. The number of sulfonamides is 1. The number of para-hydroxylation sites is 1. The molecule has 0 bridgehead atoms. The second kappa shape index (κ2) is 6.26. The fourth-order valence-corrected chi connectivity index (χ4v) is 3.46. The van der Waals surface area contributed by atoms with Gasteiger partial charge in [-0.1, -0.05) is 66.2 Å². The number of anilines is 1. The molecule has 0 radical (unpaired) electrons. The molecule has 3 aromatic rings. The van der Waals surface area contributed by atoms with Gasteiger partial charge in [-0.05, 0) is 30.7 Å². The standard InChI is InChI=1S/C19H17NO2S/c1-15-11-13-16(14-12-15)18-9-5-6-10-19(18)20-23(21,22)17-7-3-2-4-8-17/h2-14,20H,1H3. The van der Waals surface area contributed by atoms with Crippen LogP contribution in [0.5, 0.6) is 0 Å². The number of benzene rings is 3. The van der Waals surface area contributed by atoms with Gasteiger partial charge >= 0.3 is 0 Å². The first-order chi connectivity index (χ1) is 11.1. The van der Waals surface area contributed by atoms with Gasteiger partial charge in [0.05, 0.1) is 10.6 Å². The molecule has 0 aromatic heterocycles. The Morgan fingerprint density at radius 1 is 0.739 bits per heavy atom. The summed E-state index contributed by atoms with van der Waals surface area (Å²) in [4.78, 5) is 0.249. The summed E-state index contributed by atoms with van der Waals surface area (Å²) in [5.74, 6) is 0. The zero-order chi connectivity index (χ0) is 16.3. The topological polar surface area (TPSA) is 46.2 Å². The highest BCUT2D eigenvalue weighted by Gasteiger charge is 2.15. The zero-order valence-electron chi connectivity index (χ0n) is 12.7. The molecule has 3 aromatic carbocycles. The summed E-state index contributed by atoms with van der Waals surface area (Å²) in [5.41, 5.74) is 3.56. The molecule has 0 aliphatic heterocycles. The lowest BCUT2D eigenvalue weighted by molar-refractivity contribution is 0.601. The SMILES string of the molecule is Cc1ccc(-c2ccccc2NS(=O)(=O)c2ccccc2)cc1. The maximum atomic E-state index is 12.5. The molecule has 0 fully saturated rings. The number of nitrogens with one attached hydrogen (secondary N) is 1. The lowest BCUT2D eigenvalue weighted by Crippen LogP contribution is -2.13. The molecule has 0 spiro atoms. The Morgan fingerprint density at radius 3 is 2.04 bits per heavy atom. The molecule has 0 amide bonds. The van der Waals surface area contributed by atoms with Gasteiger partial charge in [0.15, 0.2) is 0 Å². The molecule has 0 saturated heterocycles. The molecular weight excluding hydrogens is 306 g/mol. The first-order valence-corrected chi connectivity index (χ1v) is 8.78. The molecule has 3 nitrogen and oxygen atoms in total. The third-order valence-corrected chi connectivity index (χ3v) is 4.97. The van der Waals surface area contributed by atoms with Gasteiger partial charge in [-0.3, -0.25) is 4.72 Å². The molecular formula is C19H17NO2S. The van der Waals surface area contributed by atoms with Crippen molar-refractivity contribution in [2.75, 3.05) is 4.72 Å². The van der Waals surface area contributed by atoms with Crippen molar-refractivity contribution in [3.63, 3.8) is 0 Å². The Bertz CT molecular complexity index is 902. The lowest BCUT2D eigenvalue weighted by Gasteiger charge is -2.13. The van der Waals surface area contributed by atoms with E-state index >= 15 is 0 Å². The first kappa shape index (κ1) is 15.3. The summed E-state index contributed by atoms with van der Waals surface area (Å²) in [6.07, 6.45) is 0. The fourth-order valence-electron chi connectivity index (χ4n) is 2.36. The van der Waals surface area contributed by atoms with E-state index < -0.39 is 10.0 Å². The Labute approximate surface area is 136 Å². The highest BCUT2D eigenvalue weighted by Crippen LogP contribution is 2.29. The van der Waals surface area contributed by atoms with Crippen LogP contribution < -0.4 is 4.72 Å². The lowest BCUT2D eigenvalue weighted by atomic mass is 10.0. The Kier molecular flexibility index (Phi) is 4.17. The van der Waals surface area contributed by atoms with Gasteiger partial charge in [0.1, 0.15) is 0 Å². The molecule has 0 atom stereocenters. The van der Waals surface area contributed by atoms with E-state index in [1.165, 1.54) is 0 Å². The fraction of sp³-hybridized carbons (Fsp3) is 0.0526. The minimum atomic E-state index is -3.60. The van der Waals surface area contributed by atoms with Crippen LogP contribution in [0, 0.1) is 6.92 Å². The smallest absolute Gasteiger partial charge is 0.261 e. The summed E-state index contributed by atoms with van der Waals surface area (Å²) in [5, 5.41) is 0. The largest absolute Gasteiger partial charge is 0.279 e. The third kappa shape index (κ3) is 3.43. The van der Waals surface area contributed by atoms with Crippen molar-refractivity contribution < 1.29 is 8.42 Å². The van der Waals surface area contributed by atoms with Gasteiger partial charge in [0.25, 0.3) is 10.0 Å². The minimum absolute atomic E-state index is 0.249. The van der Waals surface area contributed by atoms with Gasteiger partial charge < -0.3 is 0 Å². The van der Waals surface area contributed by atoms with Crippen LogP contribution in [-0.2, 0) is 10.0 Å². The zero-order valence-corrected chi connectivity index (χ0v) is 13.5. The molecule has 0 heterocycles. The van der Waals surface area contributed by atoms with Gasteiger partial charge in [-0.25, -0.2) is 8.42 Å². The normalized spacial score (nSPS) is 11.2. The summed E-state index contributed by atoms with van der Waals surface area (Å²) in [6, 6.07) is 23.8. The van der Waals surface area contributed by atoms with Crippen molar-refractivity contribution in [3.05, 3.63) is 84.4 Å². The van der Waals surface area contributed by atoms with E-state index in [-0.39, 0.29) is 4.90 Å². The molecule has 4 heteroatoms. The van der Waals surface area contributed by atoms with Crippen LogP contribution in [0.2, 0.25) is 0 Å². The van der Waals surface area contributed by atoms with Crippen molar-refractivity contribution in [1.82, 2.24) is 0 Å². The van der Waals surface area contributed by atoms with Crippen LogP contribution in [0.4, 0.5) is 5.69 Å². The molecule has 116 valence electrons. The van der Waals surface area contributed by atoms with Crippen LogP contribution in [0.25, 0.3) is 11.1 Å². The number of hydrogen-bond acceptors (Lipinski definition) is 2. The third-order valence-electron chi connectivity index (χ3n) is 3.59. The van der Waals surface area contributed by atoms with Crippen molar-refractivity contribution >= 4 is 15.7 Å². The Hall–Kier alpha value is -2.59. The average Bonchev–Trinajstić information content (AvgIpc) is 2.57. The second-order valence-electron chi connectivity index (χ2n) is 5.33. The minimum Gasteiger partial charge on any atom is -0.279 e. The molecule has 1 N–H and O–H groups in total. The summed E-state index contributed by atoms with van der Waals surface area (Å²) >= 11 is 0. The predicted molar refractivity (Wildman–Crippen MR) is 93.9 cm³/mol. The van der Waals surface area contributed by atoms with Gasteiger partial charge in [0.2, 0.25) is 0 Å². The molecule has 0 aliphatic rings. The van der Waals surface area contributed by atoms with Crippen LogP contribution >= 0.6 is 0 Å². The average molecular weight is 323 g/mol. The number of hydrogen-bond donors (Lipinski definition) is 1. The second-order valence-corrected chi connectivity index (χ2v) is 7.01. The molecule has 3 rings (SSSR count). The van der Waals surface area contributed by atoms with Crippen LogP contribution in [0.15, 0.2) is 83.8 Å². The maximum absolute atomic E-state index is 12.5. The van der Waals surface area contributed by atoms with E-state index in [9.17, 15) is 8.42 Å². The van der Waals surface area contributed by atoms with E-state index in [1.807, 2.05) is 49.4 Å². The van der Waals surface area contributed by atoms with E-state index in [0.717, 1.165) is 16.7 Å². The van der Waals surface area contributed by atoms with Crippen LogP contribution in [-0.4, -0.2) is 8.42 Å². The number of aryl methyl sites for hydroxylation is 1. The van der Waals surface area contributed by atoms with Gasteiger partial charge in [-0.2, -0.15) is 0 Å². The Morgan fingerprint density at radius 2 is 1.35 bits per heavy atom. The summed E-state index contributed by atoms with van der Waals surface area (Å²) in [7, 11) is -3.60. The van der Waals surface area contributed by atoms with Crippen LogP contribution in [0.1, 0.15) is 5.56 Å². The number of rotatable bonds is 4. The van der Waals surface area contributed by atoms with Crippen molar-refractivity contribution in [3.8, 4) is 11.1 Å². The summed E-state index contributed by atoms with van der Waals surface area (Å²) in [6.45, 7) is 2.02. The van der Waals surface area contributed by atoms with Crippen molar-refractivity contribution in [1.29, 1.82) is 0 Å².